The second-order valence-electron chi connectivity index (χ2n) is 6.25. The molecular weight excluding hydrogens is 266 g/mol. The Bertz CT molecular complexity index is 592. The van der Waals surface area contributed by atoms with Crippen LogP contribution in [0.5, 0.6) is 0 Å². The van der Waals surface area contributed by atoms with E-state index < -0.39 is 0 Å². The zero-order valence-electron chi connectivity index (χ0n) is 13.4. The molecule has 1 aromatic rings. The van der Waals surface area contributed by atoms with Gasteiger partial charge in [0.05, 0.1) is 0 Å². The molecule has 3 rings (SSSR count). The van der Waals surface area contributed by atoms with Crippen molar-refractivity contribution in [3.8, 4) is 0 Å². The summed E-state index contributed by atoms with van der Waals surface area (Å²) in [7, 11) is 0. The van der Waals surface area contributed by atoms with Gasteiger partial charge in [0, 0.05) is 25.6 Å². The van der Waals surface area contributed by atoms with E-state index in [-0.39, 0.29) is 0 Å². The zero-order chi connectivity index (χ0) is 15.2. The van der Waals surface area contributed by atoms with E-state index in [9.17, 15) is 0 Å². The topological polar surface area (TPSA) is 3.24 Å². The summed E-state index contributed by atoms with van der Waals surface area (Å²) in [5.74, 6) is 1.41. The Balaban J connectivity index is 1.72. The molecule has 0 bridgehead atoms. The maximum atomic E-state index is 2.61. The van der Waals surface area contributed by atoms with Gasteiger partial charge in [0.15, 0.2) is 0 Å². The third-order valence-corrected chi connectivity index (χ3v) is 4.74. The molecule has 1 aromatic carbocycles. The predicted octanol–water partition coefficient (Wildman–Crippen LogP) is 4.75. The number of likely N-dealkylation sites (tertiary alicyclic amines) is 1. The second kappa shape index (κ2) is 7.42. The van der Waals surface area contributed by atoms with Crippen LogP contribution < -0.4 is 0 Å². The zero-order valence-corrected chi connectivity index (χ0v) is 13.4. The van der Waals surface area contributed by atoms with Crippen molar-refractivity contribution in [1.82, 2.24) is 4.90 Å². The number of hydrogen-bond donors (Lipinski definition) is 0. The molecule has 1 heteroatoms. The minimum Gasteiger partial charge on any atom is -0.298 e. The third kappa shape index (κ3) is 3.66. The molecule has 2 unspecified atom stereocenters. The van der Waals surface area contributed by atoms with Crippen molar-refractivity contribution in [3.63, 3.8) is 0 Å². The minimum atomic E-state index is 0.654. The lowest BCUT2D eigenvalue weighted by Crippen LogP contribution is -2.20. The Labute approximate surface area is 134 Å². The molecule has 1 saturated heterocycles. The molecule has 0 amide bonds. The van der Waals surface area contributed by atoms with Crippen molar-refractivity contribution >= 4 is 0 Å². The Kier molecular flexibility index (Phi) is 5.07. The summed E-state index contributed by atoms with van der Waals surface area (Å²) in [4.78, 5) is 2.61. The van der Waals surface area contributed by atoms with Gasteiger partial charge in [-0.3, -0.25) is 4.90 Å². The van der Waals surface area contributed by atoms with Gasteiger partial charge >= 0.3 is 0 Å². The first-order valence-corrected chi connectivity index (χ1v) is 8.34. The van der Waals surface area contributed by atoms with Gasteiger partial charge in [0.2, 0.25) is 0 Å². The van der Waals surface area contributed by atoms with Gasteiger partial charge in [0.1, 0.15) is 0 Å². The molecule has 1 aliphatic heterocycles. The van der Waals surface area contributed by atoms with E-state index in [0.29, 0.717) is 5.92 Å². The summed E-state index contributed by atoms with van der Waals surface area (Å²) >= 11 is 0. The quantitative estimate of drug-likeness (QED) is 0.773. The molecule has 114 valence electrons. The molecule has 1 nitrogen and oxygen atoms in total. The number of benzene rings is 1. The van der Waals surface area contributed by atoms with Crippen molar-refractivity contribution in [2.45, 2.75) is 19.9 Å². The molecule has 0 aromatic heterocycles. The fourth-order valence-electron chi connectivity index (χ4n) is 3.55. The summed E-state index contributed by atoms with van der Waals surface area (Å²) in [6, 6.07) is 10.8. The summed E-state index contributed by atoms with van der Waals surface area (Å²) < 4.78 is 0. The van der Waals surface area contributed by atoms with Crippen LogP contribution >= 0.6 is 0 Å². The van der Waals surface area contributed by atoms with Crippen molar-refractivity contribution in [2.24, 2.45) is 11.8 Å². The van der Waals surface area contributed by atoms with Crippen LogP contribution in [0.25, 0.3) is 0 Å². The first-order chi connectivity index (χ1) is 10.9. The van der Waals surface area contributed by atoms with Gasteiger partial charge in [-0.25, -0.2) is 0 Å². The Morgan fingerprint density at radius 2 is 1.73 bits per heavy atom. The van der Waals surface area contributed by atoms with Crippen molar-refractivity contribution in [2.75, 3.05) is 13.1 Å². The molecular formula is C21H25N. The number of hydrogen-bond acceptors (Lipinski definition) is 1. The first-order valence-electron chi connectivity index (χ1n) is 8.34. The SMILES string of the molecule is CCC1CN(Cc2ccccc2)CC1C1=CC=CC=CC=C1. The third-order valence-electron chi connectivity index (χ3n) is 4.74. The Morgan fingerprint density at radius 3 is 2.55 bits per heavy atom. The average molecular weight is 291 g/mol. The lowest BCUT2D eigenvalue weighted by Gasteiger charge is -2.18. The molecule has 0 N–H and O–H groups in total. The van der Waals surface area contributed by atoms with Crippen LogP contribution in [0, 0.1) is 11.8 Å². The monoisotopic (exact) mass is 291 g/mol. The molecule has 2 atom stereocenters. The number of nitrogens with zero attached hydrogens (tertiary/aromatic N) is 1. The van der Waals surface area contributed by atoms with Crippen molar-refractivity contribution in [3.05, 3.63) is 84.0 Å². The lowest BCUT2D eigenvalue weighted by molar-refractivity contribution is 0.314. The van der Waals surface area contributed by atoms with Crippen LogP contribution in [0.15, 0.2) is 78.4 Å². The summed E-state index contributed by atoms with van der Waals surface area (Å²) in [5.41, 5.74) is 2.89. The van der Waals surface area contributed by atoms with E-state index in [0.717, 1.165) is 12.5 Å². The van der Waals surface area contributed by atoms with Crippen LogP contribution in [0.2, 0.25) is 0 Å². The van der Waals surface area contributed by atoms with Crippen LogP contribution in [0.4, 0.5) is 0 Å². The van der Waals surface area contributed by atoms with E-state index in [1.165, 1.54) is 30.6 Å². The van der Waals surface area contributed by atoms with E-state index in [4.69, 9.17) is 0 Å². The van der Waals surface area contributed by atoms with Gasteiger partial charge in [0.25, 0.3) is 0 Å². The predicted molar refractivity (Wildman–Crippen MR) is 94.5 cm³/mol. The van der Waals surface area contributed by atoms with Gasteiger partial charge < -0.3 is 0 Å². The Morgan fingerprint density at radius 1 is 0.955 bits per heavy atom. The van der Waals surface area contributed by atoms with E-state index in [1.54, 1.807) is 0 Å². The molecule has 0 radical (unpaired) electrons. The molecule has 1 aliphatic carbocycles. The van der Waals surface area contributed by atoms with Gasteiger partial charge in [-0.05, 0) is 17.1 Å². The van der Waals surface area contributed by atoms with Gasteiger partial charge in [-0.15, -0.1) is 0 Å². The number of rotatable bonds is 4. The molecule has 0 saturated carbocycles. The highest BCUT2D eigenvalue weighted by molar-refractivity contribution is 5.34. The highest BCUT2D eigenvalue weighted by atomic mass is 15.2. The standard InChI is InChI=1S/C21H25N/c1-2-19-16-22(15-18-11-7-6-8-12-18)17-21(19)20-13-9-4-3-5-10-14-20/h3-14,19,21H,2,15-17H2,1H3. The highest BCUT2D eigenvalue weighted by Gasteiger charge is 2.32. The van der Waals surface area contributed by atoms with Crippen molar-refractivity contribution in [1.29, 1.82) is 0 Å². The highest BCUT2D eigenvalue weighted by Crippen LogP contribution is 2.33. The fraction of sp³-hybridized carbons (Fsp3) is 0.333. The fourth-order valence-corrected chi connectivity index (χ4v) is 3.55. The summed E-state index contributed by atoms with van der Waals surface area (Å²) in [5, 5.41) is 0. The van der Waals surface area contributed by atoms with E-state index in [2.05, 4.69) is 84.7 Å². The molecule has 1 heterocycles. The van der Waals surface area contributed by atoms with Gasteiger partial charge in [-0.2, -0.15) is 0 Å². The molecule has 0 spiro atoms. The minimum absolute atomic E-state index is 0.654. The number of allylic oxidation sites excluding steroid dienone is 7. The van der Waals surface area contributed by atoms with Crippen LogP contribution in [-0.4, -0.2) is 18.0 Å². The molecule has 2 aliphatic rings. The van der Waals surface area contributed by atoms with E-state index >= 15 is 0 Å². The first kappa shape index (κ1) is 15.1. The average Bonchev–Trinajstić information content (AvgIpc) is 2.91. The van der Waals surface area contributed by atoms with Crippen LogP contribution in [-0.2, 0) is 6.54 Å². The van der Waals surface area contributed by atoms with E-state index in [1.807, 2.05) is 0 Å². The molecule has 22 heavy (non-hydrogen) atoms. The maximum Gasteiger partial charge on any atom is 0.0234 e. The maximum absolute atomic E-state index is 2.61. The van der Waals surface area contributed by atoms with Crippen molar-refractivity contribution < 1.29 is 0 Å². The summed E-state index contributed by atoms with van der Waals surface area (Å²) in [6.45, 7) is 5.77. The van der Waals surface area contributed by atoms with Crippen LogP contribution in [0.1, 0.15) is 18.9 Å². The van der Waals surface area contributed by atoms with Gasteiger partial charge in [-0.1, -0.05) is 86.2 Å². The lowest BCUT2D eigenvalue weighted by atomic mass is 9.86. The smallest absolute Gasteiger partial charge is 0.0234 e. The largest absolute Gasteiger partial charge is 0.298 e. The molecule has 1 fully saturated rings. The van der Waals surface area contributed by atoms with Crippen LogP contribution in [0.3, 0.4) is 0 Å². The summed E-state index contributed by atoms with van der Waals surface area (Å²) in [6.07, 6.45) is 16.5. The second-order valence-corrected chi connectivity index (χ2v) is 6.25. The normalized spacial score (nSPS) is 25.0. The Hall–Kier alpha value is -1.86.